The van der Waals surface area contributed by atoms with Crippen LogP contribution in [0.15, 0.2) is 41.3 Å². The molecule has 0 aromatic heterocycles. The molecular formula is C13H10O2S. The third-order valence-electron chi connectivity index (χ3n) is 2.96. The second kappa shape index (κ2) is 3.52. The lowest BCUT2D eigenvalue weighted by atomic mass is 9.89. The minimum absolute atomic E-state index is 0.228. The number of fused-ring (bicyclic) bond motifs is 3. The van der Waals surface area contributed by atoms with E-state index in [9.17, 15) is 4.79 Å². The van der Waals surface area contributed by atoms with E-state index < -0.39 is 5.97 Å². The van der Waals surface area contributed by atoms with Crippen LogP contribution in [0.5, 0.6) is 0 Å². The standard InChI is InChI=1S/C13H10O2S/c14-13(15)11-7-9-6-5-8-3-1-2-4-10(8)12(9)16-11/h1-7,9,12H,(H,14,15). The number of aliphatic carboxylic acids is 1. The second-order valence-corrected chi connectivity index (χ2v) is 5.12. The minimum Gasteiger partial charge on any atom is -0.477 e. The Morgan fingerprint density at radius 2 is 2.12 bits per heavy atom. The van der Waals surface area contributed by atoms with Crippen LogP contribution < -0.4 is 0 Å². The molecule has 3 rings (SSSR count). The lowest BCUT2D eigenvalue weighted by molar-refractivity contribution is -0.131. The predicted molar refractivity (Wildman–Crippen MR) is 65.0 cm³/mol. The molecule has 1 aromatic carbocycles. The zero-order chi connectivity index (χ0) is 11.1. The van der Waals surface area contributed by atoms with Crippen molar-refractivity contribution in [3.05, 3.63) is 52.4 Å². The van der Waals surface area contributed by atoms with Gasteiger partial charge in [-0.3, -0.25) is 0 Å². The van der Waals surface area contributed by atoms with Crippen molar-refractivity contribution in [2.24, 2.45) is 5.92 Å². The number of carbonyl (C=O) groups is 1. The van der Waals surface area contributed by atoms with Crippen molar-refractivity contribution in [2.75, 3.05) is 0 Å². The van der Waals surface area contributed by atoms with Crippen LogP contribution in [0.1, 0.15) is 16.4 Å². The van der Waals surface area contributed by atoms with Gasteiger partial charge in [-0.2, -0.15) is 0 Å². The van der Waals surface area contributed by atoms with E-state index in [1.807, 2.05) is 18.2 Å². The summed E-state index contributed by atoms with van der Waals surface area (Å²) in [4.78, 5) is 11.4. The zero-order valence-corrected chi connectivity index (χ0v) is 9.28. The molecule has 0 radical (unpaired) electrons. The second-order valence-electron chi connectivity index (χ2n) is 3.94. The van der Waals surface area contributed by atoms with Gasteiger partial charge in [0.25, 0.3) is 0 Å². The largest absolute Gasteiger partial charge is 0.477 e. The quantitative estimate of drug-likeness (QED) is 0.805. The zero-order valence-electron chi connectivity index (χ0n) is 8.46. The Balaban J connectivity index is 2.02. The first-order valence-corrected chi connectivity index (χ1v) is 6.02. The molecule has 1 heterocycles. The van der Waals surface area contributed by atoms with Crippen LogP contribution in [-0.4, -0.2) is 11.1 Å². The van der Waals surface area contributed by atoms with E-state index in [1.54, 1.807) is 0 Å². The first-order chi connectivity index (χ1) is 7.75. The first kappa shape index (κ1) is 9.73. The number of benzene rings is 1. The van der Waals surface area contributed by atoms with Gasteiger partial charge in [-0.15, -0.1) is 11.8 Å². The topological polar surface area (TPSA) is 37.3 Å². The van der Waals surface area contributed by atoms with Crippen LogP contribution in [0.3, 0.4) is 0 Å². The van der Waals surface area contributed by atoms with Crippen LogP contribution in [0.2, 0.25) is 0 Å². The van der Waals surface area contributed by atoms with Gasteiger partial charge >= 0.3 is 5.97 Å². The van der Waals surface area contributed by atoms with Crippen molar-refractivity contribution < 1.29 is 9.90 Å². The summed E-state index contributed by atoms with van der Waals surface area (Å²) in [7, 11) is 0. The maximum atomic E-state index is 10.9. The van der Waals surface area contributed by atoms with E-state index in [2.05, 4.69) is 24.3 Å². The Morgan fingerprint density at radius 1 is 1.31 bits per heavy atom. The highest BCUT2D eigenvalue weighted by Crippen LogP contribution is 2.51. The van der Waals surface area contributed by atoms with Gasteiger partial charge in [0.05, 0.1) is 4.91 Å². The van der Waals surface area contributed by atoms with Gasteiger partial charge < -0.3 is 5.11 Å². The number of carboxylic acid groups (broad SMARTS) is 1. The number of hydrogen-bond donors (Lipinski definition) is 1. The fourth-order valence-electron chi connectivity index (χ4n) is 2.20. The Bertz CT molecular complexity index is 516. The molecule has 0 saturated carbocycles. The normalized spacial score (nSPS) is 25.9. The number of thioether (sulfide) groups is 1. The van der Waals surface area contributed by atoms with E-state index in [4.69, 9.17) is 5.11 Å². The molecule has 2 unspecified atom stereocenters. The molecule has 0 amide bonds. The average molecular weight is 230 g/mol. The SMILES string of the molecule is O=C(O)C1=CC2C=Cc3ccccc3C2S1. The van der Waals surface area contributed by atoms with Gasteiger partial charge in [-0.25, -0.2) is 4.79 Å². The Hall–Kier alpha value is -1.48. The fraction of sp³-hybridized carbons (Fsp3) is 0.154. The number of carboxylic acids is 1. The van der Waals surface area contributed by atoms with E-state index >= 15 is 0 Å². The molecule has 16 heavy (non-hydrogen) atoms. The molecule has 1 aromatic rings. The summed E-state index contributed by atoms with van der Waals surface area (Å²) in [5.41, 5.74) is 2.45. The van der Waals surface area contributed by atoms with Crippen LogP contribution in [0, 0.1) is 5.92 Å². The van der Waals surface area contributed by atoms with Crippen molar-refractivity contribution in [1.82, 2.24) is 0 Å². The van der Waals surface area contributed by atoms with E-state index in [0.29, 0.717) is 4.91 Å². The molecule has 2 atom stereocenters. The first-order valence-electron chi connectivity index (χ1n) is 5.14. The maximum Gasteiger partial charge on any atom is 0.341 e. The van der Waals surface area contributed by atoms with Gasteiger partial charge in [0, 0.05) is 11.2 Å². The average Bonchev–Trinajstić information content (AvgIpc) is 2.73. The summed E-state index contributed by atoms with van der Waals surface area (Å²) in [6.07, 6.45) is 6.03. The summed E-state index contributed by atoms with van der Waals surface area (Å²) in [6, 6.07) is 8.17. The molecule has 2 aliphatic rings. The Labute approximate surface area is 97.7 Å². The number of rotatable bonds is 1. The van der Waals surface area contributed by atoms with Gasteiger partial charge in [0.15, 0.2) is 0 Å². The van der Waals surface area contributed by atoms with Gasteiger partial charge in [-0.05, 0) is 11.1 Å². The third-order valence-corrected chi connectivity index (χ3v) is 4.35. The molecule has 2 nitrogen and oxygen atoms in total. The Kier molecular flexibility index (Phi) is 2.14. The molecule has 1 aliphatic heterocycles. The van der Waals surface area contributed by atoms with Crippen molar-refractivity contribution in [3.63, 3.8) is 0 Å². The van der Waals surface area contributed by atoms with E-state index in [0.717, 1.165) is 0 Å². The number of allylic oxidation sites excluding steroid dienone is 2. The predicted octanol–water partition coefficient (Wildman–Crippen LogP) is 3.09. The van der Waals surface area contributed by atoms with Crippen molar-refractivity contribution in [3.8, 4) is 0 Å². The molecule has 3 heteroatoms. The smallest absolute Gasteiger partial charge is 0.341 e. The van der Waals surface area contributed by atoms with Crippen LogP contribution >= 0.6 is 11.8 Å². The highest BCUT2D eigenvalue weighted by atomic mass is 32.2. The van der Waals surface area contributed by atoms with Crippen LogP contribution in [0.25, 0.3) is 6.08 Å². The molecule has 0 fully saturated rings. The van der Waals surface area contributed by atoms with Crippen molar-refractivity contribution in [2.45, 2.75) is 5.25 Å². The van der Waals surface area contributed by atoms with Gasteiger partial charge in [0.1, 0.15) is 0 Å². The maximum absolute atomic E-state index is 10.9. The molecule has 1 N–H and O–H groups in total. The molecular weight excluding hydrogens is 220 g/mol. The molecule has 80 valence electrons. The summed E-state index contributed by atoms with van der Waals surface area (Å²) in [5, 5.41) is 9.24. The van der Waals surface area contributed by atoms with E-state index in [1.165, 1.54) is 22.9 Å². The number of hydrogen-bond acceptors (Lipinski definition) is 2. The van der Waals surface area contributed by atoms with Crippen LogP contribution in [-0.2, 0) is 4.79 Å². The summed E-state index contributed by atoms with van der Waals surface area (Å²) in [5.74, 6) is -0.587. The van der Waals surface area contributed by atoms with Crippen LogP contribution in [0.4, 0.5) is 0 Å². The highest BCUT2D eigenvalue weighted by molar-refractivity contribution is 8.04. The van der Waals surface area contributed by atoms with Crippen molar-refractivity contribution >= 4 is 23.8 Å². The molecule has 0 spiro atoms. The highest BCUT2D eigenvalue weighted by Gasteiger charge is 2.33. The van der Waals surface area contributed by atoms with E-state index in [-0.39, 0.29) is 11.2 Å². The Morgan fingerprint density at radius 3 is 2.94 bits per heavy atom. The fourth-order valence-corrected chi connectivity index (χ4v) is 3.48. The summed E-state index contributed by atoms with van der Waals surface area (Å²) in [6.45, 7) is 0. The molecule has 0 bridgehead atoms. The monoisotopic (exact) mass is 230 g/mol. The third kappa shape index (κ3) is 1.39. The minimum atomic E-state index is -0.815. The lowest BCUT2D eigenvalue weighted by Crippen LogP contribution is -2.06. The summed E-state index contributed by atoms with van der Waals surface area (Å²) < 4.78 is 0. The summed E-state index contributed by atoms with van der Waals surface area (Å²) >= 11 is 1.46. The molecule has 0 saturated heterocycles. The van der Waals surface area contributed by atoms with Crippen molar-refractivity contribution in [1.29, 1.82) is 0 Å². The van der Waals surface area contributed by atoms with Gasteiger partial charge in [0.2, 0.25) is 0 Å². The molecule has 1 aliphatic carbocycles. The lowest BCUT2D eigenvalue weighted by Gasteiger charge is -2.22. The van der Waals surface area contributed by atoms with Gasteiger partial charge in [-0.1, -0.05) is 42.5 Å².